The SMILES string of the molecule is COc1cc(-c2n[nH]c3cc4c(cc23)CN(C2CCN(C)C2)C(=O)N4)ccn1. The van der Waals surface area contributed by atoms with E-state index in [2.05, 4.69) is 38.5 Å². The predicted molar refractivity (Wildman–Crippen MR) is 106 cm³/mol. The smallest absolute Gasteiger partial charge is 0.322 e. The standard InChI is InChI=1S/C20H22N6O2/c1-25-6-4-14(11-25)26-10-13-7-15-17(9-16(13)22-20(26)27)23-24-19(15)12-3-5-21-18(8-12)28-2/h3,5,7-9,14H,4,6,10-11H2,1-2H3,(H,22,27)(H,23,24). The lowest BCUT2D eigenvalue weighted by atomic mass is 10.0. The van der Waals surface area contributed by atoms with Crippen molar-refractivity contribution in [2.45, 2.75) is 19.0 Å². The molecule has 1 saturated heterocycles. The summed E-state index contributed by atoms with van der Waals surface area (Å²) in [6, 6.07) is 8.11. The summed E-state index contributed by atoms with van der Waals surface area (Å²) >= 11 is 0. The Morgan fingerprint density at radius 2 is 2.18 bits per heavy atom. The number of aromatic amines is 1. The molecule has 1 aromatic carbocycles. The summed E-state index contributed by atoms with van der Waals surface area (Å²) in [5, 5.41) is 11.6. The molecule has 0 spiro atoms. The van der Waals surface area contributed by atoms with E-state index in [1.54, 1.807) is 13.3 Å². The molecule has 144 valence electrons. The van der Waals surface area contributed by atoms with Crippen LogP contribution in [0.2, 0.25) is 0 Å². The van der Waals surface area contributed by atoms with Gasteiger partial charge in [0.2, 0.25) is 5.88 Å². The highest BCUT2D eigenvalue weighted by Crippen LogP contribution is 2.34. The Balaban J connectivity index is 1.53. The topological polar surface area (TPSA) is 86.4 Å². The summed E-state index contributed by atoms with van der Waals surface area (Å²) in [4.78, 5) is 21.0. The minimum Gasteiger partial charge on any atom is -0.481 e. The maximum absolute atomic E-state index is 12.6. The summed E-state index contributed by atoms with van der Waals surface area (Å²) in [5.74, 6) is 0.551. The summed E-state index contributed by atoms with van der Waals surface area (Å²) < 4.78 is 5.24. The van der Waals surface area contributed by atoms with Gasteiger partial charge in [0, 0.05) is 48.0 Å². The van der Waals surface area contributed by atoms with Gasteiger partial charge in [0.05, 0.1) is 12.6 Å². The van der Waals surface area contributed by atoms with Crippen LogP contribution in [0.15, 0.2) is 30.5 Å². The molecule has 0 aliphatic carbocycles. The third-order valence-electron chi connectivity index (χ3n) is 5.65. The lowest BCUT2D eigenvalue weighted by Gasteiger charge is -2.34. The first-order valence-corrected chi connectivity index (χ1v) is 9.40. The molecule has 5 rings (SSSR count). The fraction of sp³-hybridized carbons (Fsp3) is 0.350. The largest absolute Gasteiger partial charge is 0.481 e. The lowest BCUT2D eigenvalue weighted by molar-refractivity contribution is 0.182. The molecule has 0 radical (unpaired) electrons. The van der Waals surface area contributed by atoms with E-state index in [0.29, 0.717) is 12.4 Å². The van der Waals surface area contributed by atoms with Gasteiger partial charge in [-0.05, 0) is 43.8 Å². The van der Waals surface area contributed by atoms with Gasteiger partial charge in [-0.2, -0.15) is 5.10 Å². The number of ether oxygens (including phenoxy) is 1. The van der Waals surface area contributed by atoms with E-state index < -0.39 is 0 Å². The van der Waals surface area contributed by atoms with Crippen LogP contribution in [0.25, 0.3) is 22.2 Å². The normalized spacial score (nSPS) is 19.7. The van der Waals surface area contributed by atoms with Crippen molar-refractivity contribution in [3.63, 3.8) is 0 Å². The average molecular weight is 378 g/mol. The number of nitrogens with one attached hydrogen (secondary N) is 2. The molecule has 4 heterocycles. The Kier molecular flexibility index (Phi) is 3.94. The zero-order chi connectivity index (χ0) is 19.3. The number of amides is 2. The van der Waals surface area contributed by atoms with Crippen LogP contribution in [0.5, 0.6) is 5.88 Å². The number of carbonyl (C=O) groups excluding carboxylic acids is 1. The fourth-order valence-electron chi connectivity index (χ4n) is 4.15. The minimum atomic E-state index is -0.0224. The molecule has 2 aliphatic rings. The van der Waals surface area contributed by atoms with Crippen molar-refractivity contribution in [3.8, 4) is 17.1 Å². The third kappa shape index (κ3) is 2.77. The summed E-state index contributed by atoms with van der Waals surface area (Å²) in [5.41, 5.74) is 4.63. The molecular formula is C20H22N6O2. The lowest BCUT2D eigenvalue weighted by Crippen LogP contribution is -2.46. The fourth-order valence-corrected chi connectivity index (χ4v) is 4.15. The van der Waals surface area contributed by atoms with Crippen molar-refractivity contribution in [1.29, 1.82) is 0 Å². The van der Waals surface area contributed by atoms with Gasteiger partial charge in [0.25, 0.3) is 0 Å². The van der Waals surface area contributed by atoms with Crippen molar-refractivity contribution in [2.24, 2.45) is 0 Å². The molecule has 1 unspecified atom stereocenters. The maximum Gasteiger partial charge on any atom is 0.322 e. The Hall–Kier alpha value is -3.13. The van der Waals surface area contributed by atoms with Gasteiger partial charge in [-0.25, -0.2) is 9.78 Å². The van der Waals surface area contributed by atoms with Crippen molar-refractivity contribution in [2.75, 3.05) is 32.6 Å². The number of fused-ring (bicyclic) bond motifs is 2. The van der Waals surface area contributed by atoms with Crippen molar-refractivity contribution < 1.29 is 9.53 Å². The van der Waals surface area contributed by atoms with Crippen molar-refractivity contribution >= 4 is 22.6 Å². The van der Waals surface area contributed by atoms with E-state index in [1.165, 1.54) is 0 Å². The number of urea groups is 1. The second-order valence-electron chi connectivity index (χ2n) is 7.48. The monoisotopic (exact) mass is 378 g/mol. The molecule has 0 saturated carbocycles. The second-order valence-corrected chi connectivity index (χ2v) is 7.48. The summed E-state index contributed by atoms with van der Waals surface area (Å²) in [7, 11) is 3.70. The first-order valence-electron chi connectivity index (χ1n) is 9.40. The Morgan fingerprint density at radius 3 is 2.96 bits per heavy atom. The van der Waals surface area contributed by atoms with Crippen LogP contribution in [0.4, 0.5) is 10.5 Å². The van der Waals surface area contributed by atoms with Gasteiger partial charge < -0.3 is 19.9 Å². The first-order chi connectivity index (χ1) is 13.6. The van der Waals surface area contributed by atoms with Gasteiger partial charge in [0.15, 0.2) is 0 Å². The number of carbonyl (C=O) groups is 1. The number of likely N-dealkylation sites (N-methyl/N-ethyl adjacent to an activating group) is 1. The van der Waals surface area contributed by atoms with E-state index in [9.17, 15) is 4.79 Å². The van der Waals surface area contributed by atoms with Crippen LogP contribution < -0.4 is 10.1 Å². The number of pyridine rings is 1. The molecule has 2 aliphatic heterocycles. The molecular weight excluding hydrogens is 356 g/mol. The van der Waals surface area contributed by atoms with Gasteiger partial charge in [-0.3, -0.25) is 5.10 Å². The van der Waals surface area contributed by atoms with Crippen LogP contribution >= 0.6 is 0 Å². The van der Waals surface area contributed by atoms with Crippen molar-refractivity contribution in [3.05, 3.63) is 36.0 Å². The number of anilines is 1. The average Bonchev–Trinajstić information content (AvgIpc) is 3.31. The predicted octanol–water partition coefficient (Wildman–Crippen LogP) is 2.69. The molecule has 28 heavy (non-hydrogen) atoms. The van der Waals surface area contributed by atoms with Crippen molar-refractivity contribution in [1.82, 2.24) is 25.0 Å². The van der Waals surface area contributed by atoms with Crippen LogP contribution in [0, 0.1) is 0 Å². The van der Waals surface area contributed by atoms with E-state index in [0.717, 1.165) is 52.9 Å². The van der Waals surface area contributed by atoms with E-state index in [-0.39, 0.29) is 12.1 Å². The van der Waals surface area contributed by atoms with Gasteiger partial charge >= 0.3 is 6.03 Å². The molecule has 2 N–H and O–H groups in total. The molecule has 2 amide bonds. The number of likely N-dealkylation sites (tertiary alicyclic amines) is 1. The van der Waals surface area contributed by atoms with Gasteiger partial charge in [-0.15, -0.1) is 0 Å². The number of hydrogen-bond acceptors (Lipinski definition) is 5. The molecule has 0 bridgehead atoms. The quantitative estimate of drug-likeness (QED) is 0.732. The molecule has 8 heteroatoms. The summed E-state index contributed by atoms with van der Waals surface area (Å²) in [6.45, 7) is 2.55. The number of H-pyrrole nitrogens is 1. The maximum atomic E-state index is 12.6. The number of benzene rings is 1. The first kappa shape index (κ1) is 17.0. The highest BCUT2D eigenvalue weighted by atomic mass is 16.5. The zero-order valence-corrected chi connectivity index (χ0v) is 15.9. The zero-order valence-electron chi connectivity index (χ0n) is 15.9. The minimum absolute atomic E-state index is 0.0224. The van der Waals surface area contributed by atoms with E-state index in [4.69, 9.17) is 4.74 Å². The van der Waals surface area contributed by atoms with Crippen LogP contribution in [0.3, 0.4) is 0 Å². The van der Waals surface area contributed by atoms with Gasteiger partial charge in [-0.1, -0.05) is 0 Å². The van der Waals surface area contributed by atoms with Gasteiger partial charge in [0.1, 0.15) is 5.69 Å². The number of methoxy groups -OCH3 is 1. The molecule has 3 aromatic rings. The second kappa shape index (κ2) is 6.49. The van der Waals surface area contributed by atoms with E-state index in [1.807, 2.05) is 23.1 Å². The van der Waals surface area contributed by atoms with Crippen LogP contribution in [0.1, 0.15) is 12.0 Å². The number of rotatable bonds is 3. The summed E-state index contributed by atoms with van der Waals surface area (Å²) in [6.07, 6.45) is 2.72. The number of hydrogen-bond donors (Lipinski definition) is 2. The number of aromatic nitrogens is 3. The van der Waals surface area contributed by atoms with Crippen LogP contribution in [-0.2, 0) is 6.54 Å². The molecule has 1 fully saturated rings. The molecule has 1 atom stereocenters. The third-order valence-corrected chi connectivity index (χ3v) is 5.65. The molecule has 8 nitrogen and oxygen atoms in total. The Labute approximate surface area is 162 Å². The Bertz CT molecular complexity index is 1060. The van der Waals surface area contributed by atoms with E-state index >= 15 is 0 Å². The number of nitrogens with zero attached hydrogens (tertiary/aromatic N) is 4. The molecule has 2 aromatic heterocycles. The highest BCUT2D eigenvalue weighted by molar-refractivity contribution is 6.00. The highest BCUT2D eigenvalue weighted by Gasteiger charge is 2.33. The van der Waals surface area contributed by atoms with Crippen LogP contribution in [-0.4, -0.2) is 64.3 Å². The Morgan fingerprint density at radius 1 is 1.29 bits per heavy atom.